The van der Waals surface area contributed by atoms with Crippen LogP contribution >= 0.6 is 11.9 Å². The Morgan fingerprint density at radius 1 is 2.00 bits per heavy atom. The van der Waals surface area contributed by atoms with Crippen LogP contribution in [0.3, 0.4) is 0 Å². The van der Waals surface area contributed by atoms with E-state index in [-0.39, 0.29) is 0 Å². The molecule has 1 nitrogen and oxygen atoms in total. The Kier molecular flexibility index (Phi) is 1.05. The van der Waals surface area contributed by atoms with Crippen molar-refractivity contribution in [1.29, 1.82) is 0 Å². The Balaban J connectivity index is 2.45. The first-order valence-corrected chi connectivity index (χ1v) is 2.93. The van der Waals surface area contributed by atoms with Crippen molar-refractivity contribution in [3.8, 4) is 0 Å². The van der Waals surface area contributed by atoms with Crippen LogP contribution in [0.5, 0.6) is 0 Å². The van der Waals surface area contributed by atoms with E-state index in [2.05, 4.69) is 17.7 Å². The van der Waals surface area contributed by atoms with Gasteiger partial charge >= 0.3 is 0 Å². The lowest BCUT2D eigenvalue weighted by Gasteiger charge is -1.87. The summed E-state index contributed by atoms with van der Waals surface area (Å²) in [6.07, 6.45) is 2.17. The Labute approximate surface area is 41.9 Å². The summed E-state index contributed by atoms with van der Waals surface area (Å²) in [5.74, 6) is 1.13. The van der Waals surface area contributed by atoms with E-state index < -0.39 is 0 Å². The van der Waals surface area contributed by atoms with E-state index in [1.165, 1.54) is 5.70 Å². The summed E-state index contributed by atoms with van der Waals surface area (Å²) in [5.41, 5.74) is 1.29. The van der Waals surface area contributed by atoms with Crippen LogP contribution in [0.1, 0.15) is 6.92 Å². The first kappa shape index (κ1) is 4.06. The van der Waals surface area contributed by atoms with Gasteiger partial charge in [0, 0.05) is 11.4 Å². The third kappa shape index (κ3) is 0.684. The van der Waals surface area contributed by atoms with Gasteiger partial charge in [0.2, 0.25) is 0 Å². The second kappa shape index (κ2) is 1.56. The lowest BCUT2D eigenvalue weighted by molar-refractivity contribution is 1.23. The standard InChI is InChI=1S/C4H7NS/c1-4-2-3-6-5-4/h2,5H,3H2,1H3. The van der Waals surface area contributed by atoms with Crippen LogP contribution in [-0.2, 0) is 0 Å². The molecule has 1 N–H and O–H groups in total. The van der Waals surface area contributed by atoms with Crippen molar-refractivity contribution in [1.82, 2.24) is 4.72 Å². The van der Waals surface area contributed by atoms with Gasteiger partial charge in [0.25, 0.3) is 0 Å². The van der Waals surface area contributed by atoms with Crippen LogP contribution in [0.4, 0.5) is 0 Å². The molecule has 34 valence electrons. The van der Waals surface area contributed by atoms with Gasteiger partial charge in [-0.05, 0) is 18.9 Å². The van der Waals surface area contributed by atoms with Gasteiger partial charge in [0.1, 0.15) is 0 Å². The molecule has 0 aromatic rings. The van der Waals surface area contributed by atoms with Crippen LogP contribution in [0.25, 0.3) is 0 Å². The molecule has 0 aromatic carbocycles. The molecule has 0 saturated heterocycles. The second-order valence-corrected chi connectivity index (χ2v) is 2.13. The van der Waals surface area contributed by atoms with Crippen molar-refractivity contribution in [3.05, 3.63) is 11.8 Å². The van der Waals surface area contributed by atoms with Gasteiger partial charge in [-0.2, -0.15) is 0 Å². The van der Waals surface area contributed by atoms with Crippen molar-refractivity contribution < 1.29 is 0 Å². The zero-order valence-electron chi connectivity index (χ0n) is 3.69. The molecule has 0 aliphatic carbocycles. The third-order valence-corrected chi connectivity index (χ3v) is 1.51. The average Bonchev–Trinajstić information content (AvgIpc) is 1.86. The van der Waals surface area contributed by atoms with Gasteiger partial charge in [-0.3, -0.25) is 0 Å². The van der Waals surface area contributed by atoms with Crippen LogP contribution in [-0.4, -0.2) is 5.75 Å². The molecule has 6 heavy (non-hydrogen) atoms. The van der Waals surface area contributed by atoms with Gasteiger partial charge in [0.15, 0.2) is 0 Å². The summed E-state index contributed by atoms with van der Waals surface area (Å²) in [6, 6.07) is 0. The quantitative estimate of drug-likeness (QED) is 0.459. The largest absolute Gasteiger partial charge is 0.334 e. The van der Waals surface area contributed by atoms with Gasteiger partial charge in [-0.1, -0.05) is 6.08 Å². The highest BCUT2D eigenvalue weighted by Gasteiger charge is 1.93. The summed E-state index contributed by atoms with van der Waals surface area (Å²) in [7, 11) is 0. The summed E-state index contributed by atoms with van der Waals surface area (Å²) >= 11 is 1.74. The maximum Gasteiger partial charge on any atom is 0.0332 e. The maximum absolute atomic E-state index is 3.10. The molecule has 1 heterocycles. The van der Waals surface area contributed by atoms with Crippen molar-refractivity contribution in [2.24, 2.45) is 0 Å². The Hall–Kier alpha value is -0.110. The summed E-state index contributed by atoms with van der Waals surface area (Å²) in [5, 5.41) is 0. The molecule has 0 aromatic heterocycles. The van der Waals surface area contributed by atoms with Gasteiger partial charge < -0.3 is 4.72 Å². The predicted octanol–water partition coefficient (Wildman–Crippen LogP) is 1.14. The molecule has 0 fully saturated rings. The molecule has 0 spiro atoms. The van der Waals surface area contributed by atoms with E-state index in [9.17, 15) is 0 Å². The number of hydrogen-bond donors (Lipinski definition) is 1. The summed E-state index contributed by atoms with van der Waals surface area (Å²) < 4.78 is 3.10. The normalized spacial score (nSPS) is 19.8. The topological polar surface area (TPSA) is 12.0 Å². The first-order valence-electron chi connectivity index (χ1n) is 1.94. The van der Waals surface area contributed by atoms with E-state index >= 15 is 0 Å². The smallest absolute Gasteiger partial charge is 0.0332 e. The van der Waals surface area contributed by atoms with Crippen LogP contribution in [0.15, 0.2) is 11.8 Å². The maximum atomic E-state index is 3.10. The Bertz CT molecular complexity index is 77.6. The van der Waals surface area contributed by atoms with E-state index in [1.807, 2.05) is 0 Å². The zero-order valence-corrected chi connectivity index (χ0v) is 4.51. The monoisotopic (exact) mass is 101 g/mol. The Morgan fingerprint density at radius 3 is 3.00 bits per heavy atom. The molecular formula is C4H7NS. The lowest BCUT2D eigenvalue weighted by Crippen LogP contribution is -1.89. The fourth-order valence-electron chi connectivity index (χ4n) is 0.364. The molecule has 0 bridgehead atoms. The van der Waals surface area contributed by atoms with E-state index in [0.717, 1.165) is 5.75 Å². The third-order valence-electron chi connectivity index (χ3n) is 0.706. The molecule has 2 heteroatoms. The summed E-state index contributed by atoms with van der Waals surface area (Å²) in [6.45, 7) is 2.07. The molecule has 0 amide bonds. The lowest BCUT2D eigenvalue weighted by atomic mass is 10.5. The van der Waals surface area contributed by atoms with Crippen molar-refractivity contribution in [2.45, 2.75) is 6.92 Å². The highest BCUT2D eigenvalue weighted by atomic mass is 32.2. The minimum absolute atomic E-state index is 1.13. The minimum Gasteiger partial charge on any atom is -0.334 e. The van der Waals surface area contributed by atoms with E-state index in [0.29, 0.717) is 0 Å². The molecule has 0 unspecified atom stereocenters. The van der Waals surface area contributed by atoms with Crippen LogP contribution < -0.4 is 4.72 Å². The van der Waals surface area contributed by atoms with Gasteiger partial charge in [-0.25, -0.2) is 0 Å². The van der Waals surface area contributed by atoms with E-state index in [4.69, 9.17) is 0 Å². The van der Waals surface area contributed by atoms with Gasteiger partial charge in [0.05, 0.1) is 0 Å². The zero-order chi connectivity index (χ0) is 4.41. The molecule has 0 radical (unpaired) electrons. The average molecular weight is 101 g/mol. The fourth-order valence-corrected chi connectivity index (χ4v) is 1.09. The van der Waals surface area contributed by atoms with Crippen LogP contribution in [0.2, 0.25) is 0 Å². The highest BCUT2D eigenvalue weighted by molar-refractivity contribution is 7.97. The molecule has 1 aliphatic rings. The van der Waals surface area contributed by atoms with E-state index in [1.54, 1.807) is 11.9 Å². The van der Waals surface area contributed by atoms with Crippen molar-refractivity contribution in [3.63, 3.8) is 0 Å². The SMILES string of the molecule is CC1=CCSN1. The van der Waals surface area contributed by atoms with Gasteiger partial charge in [-0.15, -0.1) is 0 Å². The number of hydrogen-bond acceptors (Lipinski definition) is 2. The molecule has 0 atom stereocenters. The van der Waals surface area contributed by atoms with Crippen molar-refractivity contribution in [2.75, 3.05) is 5.75 Å². The van der Waals surface area contributed by atoms with Crippen molar-refractivity contribution >= 4 is 11.9 Å². The fraction of sp³-hybridized carbons (Fsp3) is 0.500. The molecule has 1 aliphatic heterocycles. The minimum atomic E-state index is 1.13. The number of nitrogens with one attached hydrogen (secondary N) is 1. The molecule has 1 rings (SSSR count). The second-order valence-electron chi connectivity index (χ2n) is 1.30. The summed E-state index contributed by atoms with van der Waals surface area (Å²) in [4.78, 5) is 0. The Morgan fingerprint density at radius 2 is 2.83 bits per heavy atom. The van der Waals surface area contributed by atoms with Crippen LogP contribution in [0, 0.1) is 0 Å². The first-order chi connectivity index (χ1) is 2.89. The highest BCUT2D eigenvalue weighted by Crippen LogP contribution is 2.07. The number of rotatable bonds is 0. The number of allylic oxidation sites excluding steroid dienone is 1. The molecule has 0 saturated carbocycles. The predicted molar refractivity (Wildman–Crippen MR) is 29.4 cm³/mol. The molecular weight excluding hydrogens is 94.1 g/mol.